The molecule has 0 aromatic heterocycles. The van der Waals surface area contributed by atoms with Crippen molar-refractivity contribution in [3.8, 4) is 0 Å². The van der Waals surface area contributed by atoms with Crippen molar-refractivity contribution >= 4 is 49.6 Å². The second kappa shape index (κ2) is 12.7. The Kier molecular flexibility index (Phi) is 10.2. The monoisotopic (exact) mass is 574 g/mol. The molecule has 0 spiro atoms. The van der Waals surface area contributed by atoms with Crippen LogP contribution in [0.3, 0.4) is 0 Å². The van der Waals surface area contributed by atoms with Gasteiger partial charge in [-0.25, -0.2) is 18.9 Å². The highest BCUT2D eigenvalue weighted by Gasteiger charge is 2.59. The molecule has 0 aromatic carbocycles. The smallest absolute Gasteiger partial charge is 0.480 e. The summed E-state index contributed by atoms with van der Waals surface area (Å²) in [6.45, 7) is -4.16. The van der Waals surface area contributed by atoms with E-state index in [-0.39, 0.29) is 6.54 Å². The molecule has 2 fully saturated rings. The zero-order valence-corrected chi connectivity index (χ0v) is 19.7. The fourth-order valence-electron chi connectivity index (χ4n) is 2.90. The molecule has 0 aromatic rings. The minimum Gasteiger partial charge on any atom is -0.480 e. The Bertz CT molecular complexity index is 1030. The van der Waals surface area contributed by atoms with Crippen LogP contribution in [0.1, 0.15) is 6.42 Å². The van der Waals surface area contributed by atoms with E-state index in [0.717, 1.165) is 9.80 Å². The van der Waals surface area contributed by atoms with Crippen molar-refractivity contribution in [3.63, 3.8) is 0 Å². The molecular formula is C16H19N2O19P. The second-order valence-corrected chi connectivity index (χ2v) is 8.81. The van der Waals surface area contributed by atoms with E-state index in [1.54, 1.807) is 0 Å². The molecule has 2 saturated heterocycles. The maximum absolute atomic E-state index is 12.6. The summed E-state index contributed by atoms with van der Waals surface area (Å²) < 4.78 is 28.8. The molecule has 4 N–H and O–H groups in total. The van der Waals surface area contributed by atoms with Crippen LogP contribution in [-0.4, -0.2) is 123 Å². The number of aliphatic hydroxyl groups is 1. The third-order valence-corrected chi connectivity index (χ3v) is 5.23. The number of carbonyl (C=O) groups is 7. The van der Waals surface area contributed by atoms with Crippen molar-refractivity contribution in [1.82, 2.24) is 9.80 Å². The van der Waals surface area contributed by atoms with Crippen LogP contribution in [0.15, 0.2) is 0 Å². The number of phosphoric acid groups is 1. The second-order valence-electron chi connectivity index (χ2n) is 7.47. The van der Waals surface area contributed by atoms with Gasteiger partial charge in [-0.3, -0.25) is 43.6 Å². The summed E-state index contributed by atoms with van der Waals surface area (Å²) >= 11 is 0. The van der Waals surface area contributed by atoms with Gasteiger partial charge in [0.05, 0.1) is 32.6 Å². The van der Waals surface area contributed by atoms with E-state index in [1.165, 1.54) is 0 Å². The van der Waals surface area contributed by atoms with Crippen LogP contribution in [0.4, 0.5) is 0 Å². The average Bonchev–Trinajstić information content (AvgIpc) is 2.85. The van der Waals surface area contributed by atoms with Gasteiger partial charge in [0.15, 0.2) is 0 Å². The largest absolute Gasteiger partial charge is 0.584 e. The van der Waals surface area contributed by atoms with Crippen LogP contribution >= 0.6 is 7.82 Å². The van der Waals surface area contributed by atoms with E-state index in [2.05, 4.69) is 28.7 Å². The number of nitrogens with zero attached hydrogens (tertiary/aromatic N) is 2. The van der Waals surface area contributed by atoms with Gasteiger partial charge in [0.2, 0.25) is 11.7 Å². The molecule has 2 aliphatic rings. The zero-order valence-electron chi connectivity index (χ0n) is 18.8. The topological polar surface area (TPSA) is 289 Å². The Morgan fingerprint density at radius 3 is 1.84 bits per heavy atom. The molecule has 2 rings (SSSR count). The molecule has 0 saturated carbocycles. The van der Waals surface area contributed by atoms with Crippen molar-refractivity contribution in [3.05, 3.63) is 0 Å². The maximum Gasteiger partial charge on any atom is 0.584 e. The van der Waals surface area contributed by atoms with Crippen molar-refractivity contribution in [1.29, 1.82) is 0 Å². The van der Waals surface area contributed by atoms with Crippen molar-refractivity contribution in [2.24, 2.45) is 0 Å². The van der Waals surface area contributed by atoms with E-state index in [1.807, 2.05) is 0 Å². The Labute approximate surface area is 209 Å². The van der Waals surface area contributed by atoms with Gasteiger partial charge in [-0.1, -0.05) is 14.0 Å². The lowest BCUT2D eigenvalue weighted by Crippen LogP contribution is -2.57. The standard InChI is InChI=1S/C16H19N2O19P/c19-8(20)4-17(5-9(21)22)1-2-18(6-10(23)24)7-12(26)31-13-14(27)33-36-38(30)35-32-11(25)3-16(13,29)15(28)34-37-38/h13,29H,1-7H2,(H,19,20)(H,21,22)(H,23,24). The van der Waals surface area contributed by atoms with Crippen LogP contribution in [0, 0.1) is 0 Å². The highest BCUT2D eigenvalue weighted by atomic mass is 31.2. The predicted octanol–water partition coefficient (Wildman–Crippen LogP) is -3.56. The lowest BCUT2D eigenvalue weighted by Gasteiger charge is -2.29. The van der Waals surface area contributed by atoms with Gasteiger partial charge in [0.25, 0.3) is 0 Å². The van der Waals surface area contributed by atoms with Gasteiger partial charge in [-0.15, -0.1) is 0 Å². The number of esters is 1. The van der Waals surface area contributed by atoms with E-state index >= 15 is 0 Å². The molecule has 38 heavy (non-hydrogen) atoms. The fraction of sp³-hybridized carbons (Fsp3) is 0.562. The Balaban J connectivity index is 2.23. The molecule has 2 bridgehead atoms. The summed E-state index contributed by atoms with van der Waals surface area (Å²) in [5, 5.41) is 37.6. The highest BCUT2D eigenvalue weighted by molar-refractivity contribution is 7.48. The molecule has 22 heteroatoms. The van der Waals surface area contributed by atoms with Crippen molar-refractivity contribution in [2.45, 2.75) is 18.1 Å². The number of hydrogen-bond donors (Lipinski definition) is 4. The number of hydrogen-bond acceptors (Lipinski definition) is 18. The minimum atomic E-state index is -5.22. The van der Waals surface area contributed by atoms with Gasteiger partial charge in [-0.05, 0) is 0 Å². The summed E-state index contributed by atoms with van der Waals surface area (Å²) in [7, 11) is -5.22. The lowest BCUT2D eigenvalue weighted by atomic mass is 9.92. The number of carboxylic acid groups (broad SMARTS) is 3. The first kappa shape index (κ1) is 30.5. The Morgan fingerprint density at radius 1 is 0.842 bits per heavy atom. The predicted molar refractivity (Wildman–Crippen MR) is 104 cm³/mol. The number of rotatable bonds is 12. The first-order valence-electron chi connectivity index (χ1n) is 9.95. The molecule has 0 aliphatic carbocycles. The molecule has 2 aliphatic heterocycles. The molecular weight excluding hydrogens is 555 g/mol. The van der Waals surface area contributed by atoms with Gasteiger partial charge in [0.1, 0.15) is 0 Å². The Morgan fingerprint density at radius 2 is 1.32 bits per heavy atom. The summed E-state index contributed by atoms with van der Waals surface area (Å²) in [5.74, 6) is -11.4. The van der Waals surface area contributed by atoms with Crippen LogP contribution in [-0.2, 0) is 71.5 Å². The molecule has 212 valence electrons. The van der Waals surface area contributed by atoms with Crippen LogP contribution in [0.25, 0.3) is 0 Å². The van der Waals surface area contributed by atoms with Crippen LogP contribution in [0.2, 0.25) is 0 Å². The van der Waals surface area contributed by atoms with Crippen LogP contribution in [0.5, 0.6) is 0 Å². The van der Waals surface area contributed by atoms with Crippen molar-refractivity contribution in [2.75, 3.05) is 39.3 Å². The molecule has 0 radical (unpaired) electrons. The molecule has 2 heterocycles. The van der Waals surface area contributed by atoms with E-state index < -0.39 is 100 Å². The highest BCUT2D eigenvalue weighted by Crippen LogP contribution is 2.52. The average molecular weight is 574 g/mol. The van der Waals surface area contributed by atoms with Gasteiger partial charge in [0, 0.05) is 13.1 Å². The first-order chi connectivity index (χ1) is 17.6. The Hall–Kier alpha value is -3.72. The summed E-state index contributed by atoms with van der Waals surface area (Å²) in [5.41, 5.74) is -3.42. The molecule has 21 nitrogen and oxygen atoms in total. The number of aliphatic carboxylic acids is 3. The first-order valence-corrected chi connectivity index (χ1v) is 11.4. The van der Waals surface area contributed by atoms with E-state index in [9.17, 15) is 43.2 Å². The lowest BCUT2D eigenvalue weighted by molar-refractivity contribution is -0.293. The van der Waals surface area contributed by atoms with Gasteiger partial charge < -0.3 is 25.2 Å². The molecule has 3 atom stereocenters. The van der Waals surface area contributed by atoms with E-state index in [4.69, 9.17) is 20.1 Å². The summed E-state index contributed by atoms with van der Waals surface area (Å²) in [6.07, 6.45) is -4.26. The quantitative estimate of drug-likeness (QED) is 0.0995. The van der Waals surface area contributed by atoms with Gasteiger partial charge >= 0.3 is 49.6 Å². The molecule has 0 amide bonds. The minimum absolute atomic E-state index is 0.368. The third kappa shape index (κ3) is 8.69. The maximum atomic E-state index is 12.6. The van der Waals surface area contributed by atoms with Crippen LogP contribution < -0.4 is 0 Å². The number of fused-ring (bicyclic) bond motifs is 4. The van der Waals surface area contributed by atoms with Crippen molar-refractivity contribution < 1.29 is 92.0 Å². The fourth-order valence-corrected chi connectivity index (χ4v) is 3.47. The molecule has 3 unspecified atom stereocenters. The van der Waals surface area contributed by atoms with E-state index in [0.29, 0.717) is 0 Å². The summed E-state index contributed by atoms with van der Waals surface area (Å²) in [4.78, 5) is 96.1. The third-order valence-electron chi connectivity index (χ3n) is 4.46. The number of ether oxygens (including phenoxy) is 1. The zero-order chi connectivity index (χ0) is 28.7. The number of carbonyl (C=O) groups excluding carboxylic acids is 4. The number of carboxylic acids is 3. The summed E-state index contributed by atoms with van der Waals surface area (Å²) in [6, 6.07) is 0. The SMILES string of the molecule is O=C(O)CN(CCN(CC(=O)O)CC(=O)OC1C(=O)OOP2(=O)OOC(=O)CC1(O)C(=O)OO2)CC(=O)O. The van der Waals surface area contributed by atoms with Gasteiger partial charge in [-0.2, -0.15) is 0 Å². The normalized spacial score (nSPS) is 25.7.